The highest BCUT2D eigenvalue weighted by Gasteiger charge is 2.17. The van der Waals surface area contributed by atoms with Gasteiger partial charge in [-0.1, -0.05) is 42.5 Å². The van der Waals surface area contributed by atoms with E-state index in [1.54, 1.807) is 12.1 Å². The maximum atomic E-state index is 12.9. The van der Waals surface area contributed by atoms with Crippen LogP contribution in [-0.2, 0) is 12.8 Å². The molecule has 1 aromatic heterocycles. The zero-order chi connectivity index (χ0) is 18.4. The van der Waals surface area contributed by atoms with Crippen LogP contribution >= 0.6 is 0 Å². The predicted octanol–water partition coefficient (Wildman–Crippen LogP) is 3.55. The molecule has 0 fully saturated rings. The van der Waals surface area contributed by atoms with Crippen molar-refractivity contribution in [2.24, 2.45) is 0 Å². The lowest BCUT2D eigenvalue weighted by Crippen LogP contribution is -2.33. The van der Waals surface area contributed by atoms with Gasteiger partial charge in [0.15, 0.2) is 0 Å². The molecule has 0 spiro atoms. The third-order valence-electron chi connectivity index (χ3n) is 4.02. The first-order valence-electron chi connectivity index (χ1n) is 8.52. The summed E-state index contributed by atoms with van der Waals surface area (Å²) < 4.78 is 18.3. The highest BCUT2D eigenvalue weighted by Crippen LogP contribution is 2.10. The molecule has 5 nitrogen and oxygen atoms in total. The molecular weight excluding hydrogens is 333 g/mol. The molecule has 3 rings (SSSR count). The first-order chi connectivity index (χ1) is 12.6. The molecular formula is C20H20FN3O2. The standard InChI is InChI=1S/C20H20FN3O2/c1-14(7-8-15-5-3-2-4-6-15)22-19(25)20-24-23-18(26-20)13-16-9-11-17(21)12-10-16/h2-6,9-12,14H,7-8,13H2,1H3,(H,22,25). The molecule has 1 atom stereocenters. The number of rotatable bonds is 7. The van der Waals surface area contributed by atoms with Crippen molar-refractivity contribution in [2.45, 2.75) is 32.2 Å². The van der Waals surface area contributed by atoms with Crippen LogP contribution in [0.2, 0.25) is 0 Å². The lowest BCUT2D eigenvalue weighted by molar-refractivity contribution is 0.0901. The van der Waals surface area contributed by atoms with Gasteiger partial charge >= 0.3 is 11.8 Å². The molecule has 0 radical (unpaired) electrons. The van der Waals surface area contributed by atoms with Crippen molar-refractivity contribution in [3.05, 3.63) is 83.3 Å². The molecule has 1 heterocycles. The molecule has 2 aromatic carbocycles. The lowest BCUT2D eigenvalue weighted by atomic mass is 10.1. The van der Waals surface area contributed by atoms with Gasteiger partial charge in [0.05, 0.1) is 6.42 Å². The molecule has 0 saturated heterocycles. The van der Waals surface area contributed by atoms with Gasteiger partial charge in [-0.25, -0.2) is 4.39 Å². The van der Waals surface area contributed by atoms with Crippen molar-refractivity contribution in [1.29, 1.82) is 0 Å². The molecule has 134 valence electrons. The zero-order valence-corrected chi connectivity index (χ0v) is 14.5. The Bertz CT molecular complexity index is 847. The topological polar surface area (TPSA) is 68.0 Å². The van der Waals surface area contributed by atoms with E-state index in [1.165, 1.54) is 17.7 Å². The number of hydrogen-bond acceptors (Lipinski definition) is 4. The number of nitrogens with zero attached hydrogens (tertiary/aromatic N) is 2. The summed E-state index contributed by atoms with van der Waals surface area (Å²) in [6.45, 7) is 1.94. The second-order valence-electron chi connectivity index (χ2n) is 6.20. The summed E-state index contributed by atoms with van der Waals surface area (Å²) in [6, 6.07) is 16.1. The molecule has 1 amide bonds. The first-order valence-corrected chi connectivity index (χ1v) is 8.52. The molecule has 1 unspecified atom stereocenters. The average molecular weight is 353 g/mol. The maximum Gasteiger partial charge on any atom is 0.309 e. The number of hydrogen-bond donors (Lipinski definition) is 1. The summed E-state index contributed by atoms with van der Waals surface area (Å²) in [6.07, 6.45) is 2.04. The number of carbonyl (C=O) groups excluding carboxylic acids is 1. The minimum atomic E-state index is -0.386. The summed E-state index contributed by atoms with van der Waals surface area (Å²) in [7, 11) is 0. The van der Waals surface area contributed by atoms with Crippen molar-refractivity contribution >= 4 is 5.91 Å². The smallest absolute Gasteiger partial charge is 0.309 e. The van der Waals surface area contributed by atoms with Crippen LogP contribution in [-0.4, -0.2) is 22.1 Å². The van der Waals surface area contributed by atoms with E-state index in [1.807, 2.05) is 25.1 Å². The second-order valence-corrected chi connectivity index (χ2v) is 6.20. The van der Waals surface area contributed by atoms with Crippen molar-refractivity contribution in [1.82, 2.24) is 15.5 Å². The van der Waals surface area contributed by atoms with E-state index in [4.69, 9.17) is 4.42 Å². The molecule has 0 aliphatic heterocycles. The molecule has 3 aromatic rings. The molecule has 26 heavy (non-hydrogen) atoms. The van der Waals surface area contributed by atoms with Gasteiger partial charge in [-0.2, -0.15) is 0 Å². The molecule has 6 heteroatoms. The number of amides is 1. The molecule has 0 saturated carbocycles. The fraction of sp³-hybridized carbons (Fsp3) is 0.250. The summed E-state index contributed by atoms with van der Waals surface area (Å²) in [4.78, 5) is 12.2. The molecule has 0 aliphatic carbocycles. The highest BCUT2D eigenvalue weighted by molar-refractivity contribution is 5.89. The van der Waals surface area contributed by atoms with Crippen LogP contribution in [0.4, 0.5) is 4.39 Å². The van der Waals surface area contributed by atoms with Gasteiger partial charge in [0.2, 0.25) is 5.89 Å². The van der Waals surface area contributed by atoms with Crippen LogP contribution in [0.5, 0.6) is 0 Å². The van der Waals surface area contributed by atoms with Gasteiger partial charge in [-0.15, -0.1) is 10.2 Å². The van der Waals surface area contributed by atoms with E-state index in [2.05, 4.69) is 27.6 Å². The molecule has 0 aliphatic rings. The van der Waals surface area contributed by atoms with Gasteiger partial charge in [0, 0.05) is 6.04 Å². The monoisotopic (exact) mass is 353 g/mol. The Kier molecular flexibility index (Phi) is 5.73. The van der Waals surface area contributed by atoms with Gasteiger partial charge in [-0.3, -0.25) is 4.79 Å². The number of aryl methyl sites for hydroxylation is 1. The zero-order valence-electron chi connectivity index (χ0n) is 14.5. The van der Waals surface area contributed by atoms with E-state index < -0.39 is 0 Å². The van der Waals surface area contributed by atoms with Gasteiger partial charge in [0.25, 0.3) is 0 Å². The number of carbonyl (C=O) groups is 1. The van der Waals surface area contributed by atoms with E-state index in [-0.39, 0.29) is 23.7 Å². The Morgan fingerprint density at radius 1 is 1.08 bits per heavy atom. The minimum Gasteiger partial charge on any atom is -0.417 e. The van der Waals surface area contributed by atoms with E-state index >= 15 is 0 Å². The highest BCUT2D eigenvalue weighted by atomic mass is 19.1. The summed E-state index contributed by atoms with van der Waals surface area (Å²) >= 11 is 0. The van der Waals surface area contributed by atoms with Crippen LogP contribution in [0, 0.1) is 5.82 Å². The number of aromatic nitrogens is 2. The largest absolute Gasteiger partial charge is 0.417 e. The predicted molar refractivity (Wildman–Crippen MR) is 95.2 cm³/mol. The Balaban J connectivity index is 1.51. The summed E-state index contributed by atoms with van der Waals surface area (Å²) in [5.41, 5.74) is 2.06. The normalized spacial score (nSPS) is 11.9. The molecule has 1 N–H and O–H groups in total. The van der Waals surface area contributed by atoms with Crippen LogP contribution in [0.3, 0.4) is 0 Å². The van der Waals surface area contributed by atoms with Crippen molar-refractivity contribution < 1.29 is 13.6 Å². The Hall–Kier alpha value is -3.02. The van der Waals surface area contributed by atoms with Crippen LogP contribution < -0.4 is 5.32 Å². The summed E-state index contributed by atoms with van der Waals surface area (Å²) in [5, 5.41) is 10.5. The van der Waals surface area contributed by atoms with E-state index in [0.717, 1.165) is 18.4 Å². The third-order valence-corrected chi connectivity index (χ3v) is 4.02. The number of nitrogens with one attached hydrogen (secondary N) is 1. The first kappa shape index (κ1) is 17.8. The second kappa shape index (κ2) is 8.38. The maximum absolute atomic E-state index is 12.9. The fourth-order valence-electron chi connectivity index (χ4n) is 2.58. The molecule has 0 bridgehead atoms. The van der Waals surface area contributed by atoms with Crippen LogP contribution in [0.1, 0.15) is 41.0 Å². The lowest BCUT2D eigenvalue weighted by Gasteiger charge is -2.12. The Morgan fingerprint density at radius 2 is 1.81 bits per heavy atom. The van der Waals surface area contributed by atoms with Gasteiger partial charge < -0.3 is 9.73 Å². The van der Waals surface area contributed by atoms with Gasteiger partial charge in [0.1, 0.15) is 5.82 Å². The Morgan fingerprint density at radius 3 is 2.54 bits per heavy atom. The summed E-state index contributed by atoms with van der Waals surface area (Å²) in [5.74, 6) is -0.431. The number of halogens is 1. The van der Waals surface area contributed by atoms with Crippen LogP contribution in [0.15, 0.2) is 59.0 Å². The third kappa shape index (κ3) is 4.99. The minimum absolute atomic E-state index is 0.0184. The van der Waals surface area contributed by atoms with Gasteiger partial charge in [-0.05, 0) is 43.0 Å². The van der Waals surface area contributed by atoms with Crippen molar-refractivity contribution in [3.8, 4) is 0 Å². The SMILES string of the molecule is CC(CCc1ccccc1)NC(=O)c1nnc(Cc2ccc(F)cc2)o1. The Labute approximate surface area is 151 Å². The average Bonchev–Trinajstić information content (AvgIpc) is 3.11. The van der Waals surface area contributed by atoms with Crippen molar-refractivity contribution in [3.63, 3.8) is 0 Å². The fourth-order valence-corrected chi connectivity index (χ4v) is 2.58. The van der Waals surface area contributed by atoms with Crippen LogP contribution in [0.25, 0.3) is 0 Å². The van der Waals surface area contributed by atoms with E-state index in [0.29, 0.717) is 12.3 Å². The van der Waals surface area contributed by atoms with E-state index in [9.17, 15) is 9.18 Å². The number of benzene rings is 2. The van der Waals surface area contributed by atoms with Crippen molar-refractivity contribution in [2.75, 3.05) is 0 Å². The quantitative estimate of drug-likeness (QED) is 0.705.